The summed E-state index contributed by atoms with van der Waals surface area (Å²) in [6.45, 7) is 0.489. The maximum absolute atomic E-state index is 14.4. The number of ether oxygens (including phenoxy) is 1. The van der Waals surface area contributed by atoms with Crippen LogP contribution in [0, 0.1) is 5.82 Å². The van der Waals surface area contributed by atoms with Crippen molar-refractivity contribution in [3.63, 3.8) is 0 Å². The van der Waals surface area contributed by atoms with Gasteiger partial charge in [-0.2, -0.15) is 5.10 Å². The summed E-state index contributed by atoms with van der Waals surface area (Å²) in [7, 11) is 0. The van der Waals surface area contributed by atoms with Crippen LogP contribution >= 0.6 is 11.6 Å². The monoisotopic (exact) mass is 573 g/mol. The number of carbonyl (C=O) groups is 1. The smallest absolute Gasteiger partial charge is 0.328 e. The molecule has 0 aliphatic carbocycles. The summed E-state index contributed by atoms with van der Waals surface area (Å²) in [6, 6.07) is 21.3. The standard InChI is InChI=1S/C31H29ClFN5O3/c32-21-11-9-20(10-12-21)29-25(16-19-6-2-1-3-7-19)37-38-26(18-28(39)36-30(29)38)23-14-13-22(33)17-27(23)41-31(40)24(35)8-4-5-15-34/h1-3,6-7,9-14,17-18,24H,4-5,8,15-16,34-35H2,(H,36,39)/t24-/m0/s1. The zero-order valence-electron chi connectivity index (χ0n) is 22.1. The molecule has 2 aromatic heterocycles. The lowest BCUT2D eigenvalue weighted by molar-refractivity contribution is -0.136. The molecule has 0 saturated heterocycles. The quantitative estimate of drug-likeness (QED) is 0.121. The Hall–Kier alpha value is -4.31. The first kappa shape index (κ1) is 28.2. The van der Waals surface area contributed by atoms with Gasteiger partial charge in [-0.25, -0.2) is 13.7 Å². The summed E-state index contributed by atoms with van der Waals surface area (Å²) in [5.74, 6) is -1.38. The summed E-state index contributed by atoms with van der Waals surface area (Å²) >= 11 is 6.16. The molecule has 0 amide bonds. The predicted octanol–water partition coefficient (Wildman–Crippen LogP) is 5.10. The number of halogens is 2. The average molecular weight is 574 g/mol. The third kappa shape index (κ3) is 6.38. The van der Waals surface area contributed by atoms with Crippen LogP contribution in [0.2, 0.25) is 5.02 Å². The number of H-pyrrole nitrogens is 1. The Morgan fingerprint density at radius 3 is 2.54 bits per heavy atom. The van der Waals surface area contributed by atoms with Crippen LogP contribution in [0.4, 0.5) is 4.39 Å². The Morgan fingerprint density at radius 2 is 1.80 bits per heavy atom. The third-order valence-corrected chi connectivity index (χ3v) is 7.00. The Morgan fingerprint density at radius 1 is 1.05 bits per heavy atom. The lowest BCUT2D eigenvalue weighted by Crippen LogP contribution is -2.34. The van der Waals surface area contributed by atoms with E-state index in [1.54, 1.807) is 16.6 Å². The van der Waals surface area contributed by atoms with Gasteiger partial charge >= 0.3 is 5.97 Å². The number of nitrogens with one attached hydrogen (secondary N) is 1. The number of benzene rings is 3. The molecule has 2 heterocycles. The Kier molecular flexibility index (Phi) is 8.58. The number of carbonyl (C=O) groups excluding carboxylic acids is 1. The summed E-state index contributed by atoms with van der Waals surface area (Å²) in [4.78, 5) is 28.7. The lowest BCUT2D eigenvalue weighted by atomic mass is 10.0. The van der Waals surface area contributed by atoms with Gasteiger partial charge in [0.15, 0.2) is 0 Å². The van der Waals surface area contributed by atoms with Crippen molar-refractivity contribution in [2.24, 2.45) is 11.5 Å². The number of fused-ring (bicyclic) bond motifs is 1. The fourth-order valence-electron chi connectivity index (χ4n) is 4.72. The zero-order valence-corrected chi connectivity index (χ0v) is 22.9. The molecule has 210 valence electrons. The molecule has 5 N–H and O–H groups in total. The number of hydrogen-bond donors (Lipinski definition) is 3. The molecule has 8 nitrogen and oxygen atoms in total. The van der Waals surface area contributed by atoms with Crippen molar-refractivity contribution in [1.82, 2.24) is 14.6 Å². The van der Waals surface area contributed by atoms with E-state index in [1.165, 1.54) is 18.2 Å². The highest BCUT2D eigenvalue weighted by atomic mass is 35.5. The first-order chi connectivity index (χ1) is 19.8. The Bertz CT molecular complexity index is 1740. The first-order valence-corrected chi connectivity index (χ1v) is 13.6. The van der Waals surface area contributed by atoms with Crippen molar-refractivity contribution < 1.29 is 13.9 Å². The van der Waals surface area contributed by atoms with Gasteiger partial charge in [0.25, 0.3) is 5.56 Å². The van der Waals surface area contributed by atoms with E-state index >= 15 is 0 Å². The van der Waals surface area contributed by atoms with E-state index in [0.717, 1.165) is 23.6 Å². The Labute approximate surface area is 240 Å². The van der Waals surface area contributed by atoms with Gasteiger partial charge in [-0.1, -0.05) is 60.5 Å². The third-order valence-electron chi connectivity index (χ3n) is 6.74. The van der Waals surface area contributed by atoms with Crippen molar-refractivity contribution in [2.45, 2.75) is 31.7 Å². The SMILES string of the molecule is NCCCC[C@H](N)C(=O)Oc1cc(F)ccc1-c1cc(=O)[nH]c2c(-c3ccc(Cl)cc3)c(Cc3ccccc3)nn12. The highest BCUT2D eigenvalue weighted by Crippen LogP contribution is 2.35. The van der Waals surface area contributed by atoms with Crippen LogP contribution in [0.25, 0.3) is 28.0 Å². The number of nitrogens with two attached hydrogens (primary N) is 2. The molecule has 10 heteroatoms. The highest BCUT2D eigenvalue weighted by Gasteiger charge is 2.23. The molecular formula is C31H29ClFN5O3. The van der Waals surface area contributed by atoms with E-state index in [2.05, 4.69) is 4.98 Å². The second kappa shape index (κ2) is 12.5. The molecule has 0 bridgehead atoms. The number of unbranched alkanes of at least 4 members (excludes halogenated alkanes) is 1. The molecule has 41 heavy (non-hydrogen) atoms. The molecule has 5 rings (SSSR count). The van der Waals surface area contributed by atoms with Crippen molar-refractivity contribution in [1.29, 1.82) is 0 Å². The summed E-state index contributed by atoms with van der Waals surface area (Å²) in [5.41, 5.74) is 15.4. The summed E-state index contributed by atoms with van der Waals surface area (Å²) < 4.78 is 21.6. The number of rotatable bonds is 10. The van der Waals surface area contributed by atoms with Gasteiger partial charge in [0, 0.05) is 34.7 Å². The topological polar surface area (TPSA) is 128 Å². The van der Waals surface area contributed by atoms with Crippen LogP contribution in [0.5, 0.6) is 5.75 Å². The van der Waals surface area contributed by atoms with E-state index in [9.17, 15) is 14.0 Å². The average Bonchev–Trinajstić information content (AvgIpc) is 3.31. The second-order valence-electron chi connectivity index (χ2n) is 9.72. The van der Waals surface area contributed by atoms with Crippen molar-refractivity contribution in [3.8, 4) is 28.1 Å². The molecule has 5 aromatic rings. The fraction of sp³-hybridized carbons (Fsp3) is 0.194. The predicted molar refractivity (Wildman–Crippen MR) is 157 cm³/mol. The van der Waals surface area contributed by atoms with E-state index < -0.39 is 23.4 Å². The normalized spacial score (nSPS) is 12.0. The second-order valence-corrected chi connectivity index (χ2v) is 10.2. The first-order valence-electron chi connectivity index (χ1n) is 13.3. The minimum absolute atomic E-state index is 0.0654. The lowest BCUT2D eigenvalue weighted by Gasteiger charge is -2.14. The van der Waals surface area contributed by atoms with Crippen molar-refractivity contribution >= 4 is 23.2 Å². The van der Waals surface area contributed by atoms with E-state index in [1.807, 2.05) is 42.5 Å². The number of aromatic amines is 1. The number of esters is 1. The summed E-state index contributed by atoms with van der Waals surface area (Å²) in [5, 5.41) is 5.47. The number of nitrogens with zero attached hydrogens (tertiary/aromatic N) is 2. The molecular weight excluding hydrogens is 545 g/mol. The molecule has 3 aromatic carbocycles. The van der Waals surface area contributed by atoms with E-state index in [0.29, 0.717) is 59.0 Å². The van der Waals surface area contributed by atoms with Crippen LogP contribution in [0.3, 0.4) is 0 Å². The number of aromatic nitrogens is 3. The van der Waals surface area contributed by atoms with Gasteiger partial charge in [-0.15, -0.1) is 0 Å². The maximum Gasteiger partial charge on any atom is 0.328 e. The minimum Gasteiger partial charge on any atom is -0.425 e. The molecule has 1 atom stereocenters. The van der Waals surface area contributed by atoms with E-state index in [-0.39, 0.29) is 5.75 Å². The fourth-order valence-corrected chi connectivity index (χ4v) is 4.84. The molecule has 0 spiro atoms. The molecule has 0 fully saturated rings. The van der Waals surface area contributed by atoms with E-state index in [4.69, 9.17) is 32.9 Å². The van der Waals surface area contributed by atoms with Crippen molar-refractivity contribution in [3.05, 3.63) is 111 Å². The van der Waals surface area contributed by atoms with Gasteiger partial charge < -0.3 is 21.2 Å². The summed E-state index contributed by atoms with van der Waals surface area (Å²) in [6.07, 6.45) is 2.23. The van der Waals surface area contributed by atoms with Gasteiger partial charge in [-0.05, 0) is 54.8 Å². The molecule has 0 aliphatic rings. The highest BCUT2D eigenvalue weighted by molar-refractivity contribution is 6.30. The van der Waals surface area contributed by atoms with Gasteiger partial charge in [-0.3, -0.25) is 4.79 Å². The molecule has 0 aliphatic heterocycles. The van der Waals surface area contributed by atoms with Crippen LogP contribution in [-0.2, 0) is 11.2 Å². The van der Waals surface area contributed by atoms with Crippen molar-refractivity contribution in [2.75, 3.05) is 6.54 Å². The van der Waals surface area contributed by atoms with Gasteiger partial charge in [0.1, 0.15) is 23.3 Å². The van der Waals surface area contributed by atoms with Gasteiger partial charge in [0.2, 0.25) is 0 Å². The van der Waals surface area contributed by atoms with Crippen LogP contribution in [0.1, 0.15) is 30.5 Å². The number of hydrogen-bond acceptors (Lipinski definition) is 6. The largest absolute Gasteiger partial charge is 0.425 e. The Balaban J connectivity index is 1.65. The van der Waals surface area contributed by atoms with Crippen LogP contribution < -0.4 is 21.8 Å². The van der Waals surface area contributed by atoms with Gasteiger partial charge in [0.05, 0.1) is 11.4 Å². The molecule has 0 radical (unpaired) electrons. The molecule has 0 unspecified atom stereocenters. The minimum atomic E-state index is -0.907. The zero-order chi connectivity index (χ0) is 28.9. The molecule has 0 saturated carbocycles. The maximum atomic E-state index is 14.4. The van der Waals surface area contributed by atoms with Crippen LogP contribution in [-0.4, -0.2) is 33.2 Å². The van der Waals surface area contributed by atoms with Crippen LogP contribution in [0.15, 0.2) is 83.7 Å².